The normalized spacial score (nSPS) is 23.6. The summed E-state index contributed by atoms with van der Waals surface area (Å²) >= 11 is 0. The lowest BCUT2D eigenvalue weighted by Crippen LogP contribution is -2.63. The molecule has 1 aliphatic carbocycles. The summed E-state index contributed by atoms with van der Waals surface area (Å²) in [7, 11) is 4.01. The number of hydrogen-bond acceptors (Lipinski definition) is 2. The first kappa shape index (κ1) is 24.8. The van der Waals surface area contributed by atoms with E-state index in [1.807, 2.05) is 50.5 Å². The van der Waals surface area contributed by atoms with Crippen LogP contribution < -0.4 is 0 Å². The van der Waals surface area contributed by atoms with Gasteiger partial charge in [0.15, 0.2) is 11.8 Å². The van der Waals surface area contributed by atoms with E-state index >= 15 is 4.39 Å². The molecule has 0 bridgehead atoms. The average Bonchev–Trinajstić information content (AvgIpc) is 3.38. The third-order valence-electron chi connectivity index (χ3n) is 8.04. The quantitative estimate of drug-likeness (QED) is 0.606. The van der Waals surface area contributed by atoms with Gasteiger partial charge >= 0.3 is 0 Å². The van der Waals surface area contributed by atoms with Crippen LogP contribution in [-0.2, 0) is 16.8 Å². The summed E-state index contributed by atoms with van der Waals surface area (Å²) in [4.78, 5) is 15.3. The summed E-state index contributed by atoms with van der Waals surface area (Å²) in [5.41, 5.74) is -0.0964. The Balaban J connectivity index is 1.45. The zero-order chi connectivity index (χ0) is 24.3. The number of likely N-dealkylation sites (N-methyl/N-ethyl adjacent to an activating group) is 1. The third-order valence-corrected chi connectivity index (χ3v) is 8.04. The molecule has 3 atom stereocenters. The number of rotatable bonds is 7. The fourth-order valence-corrected chi connectivity index (χ4v) is 5.95. The molecule has 1 N–H and O–H groups in total. The van der Waals surface area contributed by atoms with Crippen molar-refractivity contribution in [1.82, 2.24) is 4.90 Å². The highest BCUT2D eigenvalue weighted by Gasteiger charge is 2.51. The molecule has 184 valence electrons. The lowest BCUT2D eigenvalue weighted by molar-refractivity contribution is -0.918. The van der Waals surface area contributed by atoms with E-state index in [1.165, 1.54) is 12.1 Å². The van der Waals surface area contributed by atoms with Gasteiger partial charge in [0.1, 0.15) is 11.9 Å². The number of alkyl halides is 1. The fourth-order valence-electron chi connectivity index (χ4n) is 5.95. The topological polar surface area (TPSA) is 40.5 Å². The number of hydrogen-bond donors (Lipinski definition) is 1. The van der Waals surface area contributed by atoms with Crippen molar-refractivity contribution in [2.24, 2.45) is 5.92 Å². The second kappa shape index (κ2) is 10.1. The van der Waals surface area contributed by atoms with Crippen molar-refractivity contribution in [1.29, 1.82) is 0 Å². The zero-order valence-corrected chi connectivity index (χ0v) is 20.3. The predicted octanol–water partition coefficient (Wildman–Crippen LogP) is 4.46. The minimum Gasteiger partial charge on any atom is -0.375 e. The molecule has 0 aromatic heterocycles. The number of piperidine rings is 1. The molecule has 34 heavy (non-hydrogen) atoms. The Hall–Kier alpha value is -2.31. The van der Waals surface area contributed by atoms with Gasteiger partial charge < -0.3 is 14.5 Å². The van der Waals surface area contributed by atoms with Gasteiger partial charge in [-0.25, -0.2) is 8.78 Å². The van der Waals surface area contributed by atoms with Gasteiger partial charge in [-0.1, -0.05) is 55.3 Å². The maximum Gasteiger partial charge on any atom is 0.259 e. The van der Waals surface area contributed by atoms with Crippen molar-refractivity contribution in [3.63, 3.8) is 0 Å². The van der Waals surface area contributed by atoms with Gasteiger partial charge in [0.05, 0.1) is 27.2 Å². The number of aliphatic hydroxyl groups is 1. The van der Waals surface area contributed by atoms with Crippen LogP contribution in [0.2, 0.25) is 0 Å². The van der Waals surface area contributed by atoms with Gasteiger partial charge in [0.25, 0.3) is 5.91 Å². The van der Waals surface area contributed by atoms with Crippen molar-refractivity contribution in [2.75, 3.05) is 33.7 Å². The van der Waals surface area contributed by atoms with E-state index in [-0.39, 0.29) is 30.2 Å². The van der Waals surface area contributed by atoms with Crippen molar-refractivity contribution in [2.45, 2.75) is 56.3 Å². The second-order valence-electron chi connectivity index (χ2n) is 10.6. The van der Waals surface area contributed by atoms with Crippen LogP contribution >= 0.6 is 0 Å². The zero-order valence-electron chi connectivity index (χ0n) is 20.3. The number of carbonyl (C=O) groups excluding carboxylic acids is 1. The van der Waals surface area contributed by atoms with Gasteiger partial charge in [-0.15, -0.1) is 0 Å². The lowest BCUT2D eigenvalue weighted by Gasteiger charge is -2.46. The van der Waals surface area contributed by atoms with Crippen molar-refractivity contribution >= 4 is 5.91 Å². The molecule has 2 aromatic rings. The lowest BCUT2D eigenvalue weighted by atomic mass is 9.78. The standard InChI is InChI=1S/C28H37F2N2O2/c1-32(2,18-16-21-9-8-14-24(29)19-21)26-15-17-31(20-25(26)30)27(33)28(34,23-12-6-7-13-23)22-10-4-3-5-11-22/h3-5,8-11,14,19,23,25-26,34H,6-7,12-13,15-18,20H2,1-2H3/q+1/t25?,26?,28-/m0/s1. The minimum atomic E-state index is -1.61. The average molecular weight is 472 g/mol. The molecule has 1 heterocycles. The van der Waals surface area contributed by atoms with Crippen molar-refractivity contribution in [3.05, 3.63) is 71.5 Å². The van der Waals surface area contributed by atoms with E-state index in [0.717, 1.165) is 31.2 Å². The van der Waals surface area contributed by atoms with E-state index in [4.69, 9.17) is 0 Å². The Morgan fingerprint density at radius 1 is 1.09 bits per heavy atom. The first-order valence-electron chi connectivity index (χ1n) is 12.5. The van der Waals surface area contributed by atoms with Crippen LogP contribution in [0.4, 0.5) is 8.78 Å². The molecule has 2 aliphatic rings. The molecule has 2 aromatic carbocycles. The molecule has 1 saturated heterocycles. The number of amides is 1. The van der Waals surface area contributed by atoms with Crippen LogP contribution in [0, 0.1) is 11.7 Å². The van der Waals surface area contributed by atoms with Gasteiger partial charge in [-0.05, 0) is 36.1 Å². The van der Waals surface area contributed by atoms with Gasteiger partial charge in [0.2, 0.25) is 0 Å². The molecule has 4 rings (SSSR count). The van der Waals surface area contributed by atoms with E-state index in [9.17, 15) is 14.3 Å². The number of benzene rings is 2. The van der Waals surface area contributed by atoms with Crippen LogP contribution in [0.1, 0.15) is 43.2 Å². The first-order chi connectivity index (χ1) is 16.2. The first-order valence-corrected chi connectivity index (χ1v) is 12.5. The van der Waals surface area contributed by atoms with Crippen LogP contribution in [0.15, 0.2) is 54.6 Å². The molecular weight excluding hydrogens is 434 g/mol. The van der Waals surface area contributed by atoms with Crippen molar-refractivity contribution in [3.8, 4) is 0 Å². The van der Waals surface area contributed by atoms with Gasteiger partial charge in [0, 0.05) is 25.3 Å². The minimum absolute atomic E-state index is 0.00694. The molecule has 0 spiro atoms. The summed E-state index contributed by atoms with van der Waals surface area (Å²) in [6.07, 6.45) is 3.59. The Kier molecular flexibility index (Phi) is 7.39. The maximum absolute atomic E-state index is 15.6. The van der Waals surface area contributed by atoms with E-state index in [1.54, 1.807) is 11.0 Å². The van der Waals surface area contributed by atoms with Crippen molar-refractivity contribution < 1.29 is 23.2 Å². The predicted molar refractivity (Wildman–Crippen MR) is 129 cm³/mol. The molecule has 0 radical (unpaired) electrons. The Morgan fingerprint density at radius 2 is 1.79 bits per heavy atom. The molecule has 1 amide bonds. The summed E-state index contributed by atoms with van der Waals surface area (Å²) in [6.45, 7) is 1.10. The number of halogens is 2. The Morgan fingerprint density at radius 3 is 2.44 bits per heavy atom. The van der Waals surface area contributed by atoms with Crippen LogP contribution in [0.3, 0.4) is 0 Å². The second-order valence-corrected chi connectivity index (χ2v) is 10.6. The largest absolute Gasteiger partial charge is 0.375 e. The molecule has 1 aliphatic heterocycles. The smallest absolute Gasteiger partial charge is 0.259 e. The van der Waals surface area contributed by atoms with Gasteiger partial charge in [-0.2, -0.15) is 0 Å². The van der Waals surface area contributed by atoms with E-state index in [2.05, 4.69) is 0 Å². The summed E-state index contributed by atoms with van der Waals surface area (Å²) in [5.74, 6) is -0.764. The SMILES string of the molecule is C[N+](C)(CCc1cccc(F)c1)C1CCN(C(=O)[C@](O)(c2ccccc2)C2CCCC2)CC1F. The van der Waals surface area contributed by atoms with E-state index in [0.29, 0.717) is 36.0 Å². The molecule has 2 fully saturated rings. The third kappa shape index (κ3) is 5.03. The fraction of sp³-hybridized carbons (Fsp3) is 0.536. The molecular formula is C28H37F2N2O2+. The molecule has 2 unspecified atom stereocenters. The number of nitrogens with zero attached hydrogens (tertiary/aromatic N) is 2. The number of carbonyl (C=O) groups is 1. The number of quaternary nitrogens is 1. The van der Waals surface area contributed by atoms with Crippen LogP contribution in [0.5, 0.6) is 0 Å². The Labute approximate surface area is 201 Å². The highest BCUT2D eigenvalue weighted by molar-refractivity contribution is 5.87. The highest BCUT2D eigenvalue weighted by Crippen LogP contribution is 2.42. The summed E-state index contributed by atoms with van der Waals surface area (Å²) < 4.78 is 29.6. The molecule has 1 saturated carbocycles. The highest BCUT2D eigenvalue weighted by atomic mass is 19.1. The van der Waals surface area contributed by atoms with Crippen LogP contribution in [-0.4, -0.2) is 66.3 Å². The van der Waals surface area contributed by atoms with E-state index < -0.39 is 11.8 Å². The molecule has 6 heteroatoms. The summed E-state index contributed by atoms with van der Waals surface area (Å²) in [6, 6.07) is 15.5. The van der Waals surface area contributed by atoms with Crippen LogP contribution in [0.25, 0.3) is 0 Å². The van der Waals surface area contributed by atoms with Gasteiger partial charge in [-0.3, -0.25) is 4.79 Å². The molecule has 4 nitrogen and oxygen atoms in total. The maximum atomic E-state index is 15.6. The summed E-state index contributed by atoms with van der Waals surface area (Å²) in [5, 5.41) is 11.8. The monoisotopic (exact) mass is 471 g/mol. The Bertz CT molecular complexity index is 977. The number of likely N-dealkylation sites (tertiary alicyclic amines) is 1.